The van der Waals surface area contributed by atoms with Crippen molar-refractivity contribution in [2.24, 2.45) is 12.9 Å². The molecule has 3 aromatic rings. The van der Waals surface area contributed by atoms with Gasteiger partial charge in [-0.15, -0.1) is 5.10 Å². The van der Waals surface area contributed by atoms with Crippen LogP contribution in [0.3, 0.4) is 0 Å². The molecule has 1 aromatic carbocycles. The average molecular weight is 333 g/mol. The first-order chi connectivity index (χ1) is 9.72. The first kappa shape index (κ1) is 13.2. The topological polar surface area (TPSA) is 81.7 Å². The number of pyridine rings is 1. The van der Waals surface area contributed by atoms with Crippen molar-refractivity contribution in [1.29, 1.82) is 0 Å². The van der Waals surface area contributed by atoms with Crippen molar-refractivity contribution in [3.63, 3.8) is 0 Å². The first-order valence-corrected chi connectivity index (χ1v) is 6.86. The van der Waals surface area contributed by atoms with Gasteiger partial charge in [0.1, 0.15) is 6.04 Å². The van der Waals surface area contributed by atoms with Crippen molar-refractivity contribution >= 4 is 26.7 Å². The molecule has 1 atom stereocenters. The Morgan fingerprint density at radius 1 is 1.30 bits per heavy atom. The van der Waals surface area contributed by atoms with E-state index in [2.05, 4.69) is 36.7 Å². The minimum atomic E-state index is -0.296. The van der Waals surface area contributed by atoms with Gasteiger partial charge in [0.15, 0.2) is 4.60 Å². The van der Waals surface area contributed by atoms with Crippen LogP contribution < -0.4 is 11.3 Å². The summed E-state index contributed by atoms with van der Waals surface area (Å²) >= 11 is 3.40. The van der Waals surface area contributed by atoms with E-state index < -0.39 is 0 Å². The Bertz CT molecular complexity index is 729. The number of nitrogens with zero attached hydrogens (tertiary/aromatic N) is 4. The number of nitrogens with two attached hydrogens (primary N) is 1. The van der Waals surface area contributed by atoms with E-state index in [9.17, 15) is 0 Å². The smallest absolute Gasteiger partial charge is 0.153 e. The molecule has 0 radical (unpaired) electrons. The predicted molar refractivity (Wildman–Crippen MR) is 79.6 cm³/mol. The van der Waals surface area contributed by atoms with E-state index in [1.807, 2.05) is 37.4 Å². The second kappa shape index (κ2) is 5.28. The third-order valence-corrected chi connectivity index (χ3v) is 3.81. The molecule has 0 spiro atoms. The van der Waals surface area contributed by atoms with E-state index in [-0.39, 0.29) is 6.04 Å². The molecule has 0 aliphatic carbocycles. The lowest BCUT2D eigenvalue weighted by molar-refractivity contribution is 0.562. The highest BCUT2D eigenvalue weighted by atomic mass is 79.9. The van der Waals surface area contributed by atoms with Gasteiger partial charge in [-0.05, 0) is 27.4 Å². The minimum Gasteiger partial charge on any atom is -0.270 e. The molecule has 0 saturated heterocycles. The number of hydrazine groups is 1. The summed E-state index contributed by atoms with van der Waals surface area (Å²) in [5, 5.41) is 10.1. The van der Waals surface area contributed by atoms with Crippen LogP contribution >= 0.6 is 15.9 Å². The molecule has 6 nitrogen and oxygen atoms in total. The Morgan fingerprint density at radius 2 is 2.10 bits per heavy atom. The zero-order valence-electron chi connectivity index (χ0n) is 10.8. The van der Waals surface area contributed by atoms with Crippen LogP contribution in [0.5, 0.6) is 0 Å². The van der Waals surface area contributed by atoms with Crippen LogP contribution in [0.2, 0.25) is 0 Å². The van der Waals surface area contributed by atoms with Gasteiger partial charge in [0.05, 0.1) is 11.4 Å². The lowest BCUT2D eigenvalue weighted by Crippen LogP contribution is -2.31. The van der Waals surface area contributed by atoms with Crippen molar-refractivity contribution in [2.45, 2.75) is 6.04 Å². The third kappa shape index (κ3) is 2.09. The van der Waals surface area contributed by atoms with Crippen LogP contribution in [-0.4, -0.2) is 20.0 Å². The van der Waals surface area contributed by atoms with Crippen molar-refractivity contribution in [2.75, 3.05) is 0 Å². The number of rotatable bonds is 3. The summed E-state index contributed by atoms with van der Waals surface area (Å²) in [6.07, 6.45) is 1.78. The van der Waals surface area contributed by atoms with E-state index in [1.54, 1.807) is 10.9 Å². The van der Waals surface area contributed by atoms with Crippen molar-refractivity contribution in [3.05, 3.63) is 52.5 Å². The lowest BCUT2D eigenvalue weighted by atomic mass is 10.0. The summed E-state index contributed by atoms with van der Waals surface area (Å²) in [6, 6.07) is 9.74. The van der Waals surface area contributed by atoms with Gasteiger partial charge in [-0.3, -0.25) is 10.8 Å². The van der Waals surface area contributed by atoms with Gasteiger partial charge < -0.3 is 0 Å². The summed E-state index contributed by atoms with van der Waals surface area (Å²) in [4.78, 5) is 4.48. The third-order valence-electron chi connectivity index (χ3n) is 3.24. The van der Waals surface area contributed by atoms with E-state index in [0.29, 0.717) is 4.60 Å². The van der Waals surface area contributed by atoms with Crippen molar-refractivity contribution in [1.82, 2.24) is 25.4 Å². The average Bonchev–Trinajstić information content (AvgIpc) is 2.81. The van der Waals surface area contributed by atoms with Gasteiger partial charge in [0, 0.05) is 18.6 Å². The predicted octanol–water partition coefficient (Wildman–Crippen LogP) is 1.68. The van der Waals surface area contributed by atoms with Crippen molar-refractivity contribution in [3.8, 4) is 0 Å². The fourth-order valence-electron chi connectivity index (χ4n) is 2.31. The number of aryl methyl sites for hydroxylation is 1. The van der Waals surface area contributed by atoms with Gasteiger partial charge in [0.25, 0.3) is 0 Å². The molecule has 0 aliphatic rings. The maximum atomic E-state index is 5.75. The first-order valence-electron chi connectivity index (χ1n) is 6.07. The summed E-state index contributed by atoms with van der Waals surface area (Å²) in [7, 11) is 1.82. The van der Waals surface area contributed by atoms with Gasteiger partial charge >= 0.3 is 0 Å². The van der Waals surface area contributed by atoms with E-state index in [1.165, 1.54) is 0 Å². The zero-order valence-corrected chi connectivity index (χ0v) is 12.4. The van der Waals surface area contributed by atoms with Crippen LogP contribution in [-0.2, 0) is 7.05 Å². The zero-order chi connectivity index (χ0) is 14.1. The number of fused-ring (bicyclic) bond motifs is 1. The molecule has 1 unspecified atom stereocenters. The largest absolute Gasteiger partial charge is 0.270 e. The summed E-state index contributed by atoms with van der Waals surface area (Å²) in [5.74, 6) is 5.75. The van der Waals surface area contributed by atoms with Gasteiger partial charge in [-0.25, -0.2) is 10.1 Å². The molecular weight excluding hydrogens is 320 g/mol. The molecule has 20 heavy (non-hydrogen) atoms. The molecule has 0 aliphatic heterocycles. The summed E-state index contributed by atoms with van der Waals surface area (Å²) in [5.41, 5.74) is 4.48. The lowest BCUT2D eigenvalue weighted by Gasteiger charge is -2.17. The van der Waals surface area contributed by atoms with E-state index >= 15 is 0 Å². The standard InChI is InChI=1S/C13H13BrN6/c1-20-12(13(14)18-19-20)11(17-15)10-9-5-3-2-4-8(9)6-7-16-10/h2-7,11,17H,15H2,1H3. The molecule has 2 heterocycles. The molecule has 0 fully saturated rings. The van der Waals surface area contributed by atoms with E-state index in [4.69, 9.17) is 5.84 Å². The molecule has 0 amide bonds. The normalized spacial score (nSPS) is 12.8. The summed E-state index contributed by atoms with van der Waals surface area (Å²) in [6.45, 7) is 0. The van der Waals surface area contributed by atoms with Crippen molar-refractivity contribution < 1.29 is 0 Å². The Balaban J connectivity index is 2.22. The van der Waals surface area contributed by atoms with Gasteiger partial charge in [0.2, 0.25) is 0 Å². The molecule has 3 rings (SSSR count). The molecule has 7 heteroatoms. The maximum Gasteiger partial charge on any atom is 0.153 e. The fraction of sp³-hybridized carbons (Fsp3) is 0.154. The SMILES string of the molecule is Cn1nnc(Br)c1C(NN)c1nccc2ccccc12. The van der Waals surface area contributed by atoms with Crippen LogP contribution in [0, 0.1) is 0 Å². The minimum absolute atomic E-state index is 0.296. The molecule has 3 N–H and O–H groups in total. The van der Waals surface area contributed by atoms with Gasteiger partial charge in [-0.1, -0.05) is 29.5 Å². The van der Waals surface area contributed by atoms with Crippen LogP contribution in [0.4, 0.5) is 0 Å². The molecule has 102 valence electrons. The Morgan fingerprint density at radius 3 is 2.80 bits per heavy atom. The van der Waals surface area contributed by atoms with E-state index in [0.717, 1.165) is 22.2 Å². The fourth-order valence-corrected chi connectivity index (χ4v) is 2.86. The Kier molecular flexibility index (Phi) is 3.47. The molecule has 2 aromatic heterocycles. The number of benzene rings is 1. The molecular formula is C13H13BrN6. The number of hydrogen-bond donors (Lipinski definition) is 2. The van der Waals surface area contributed by atoms with Crippen LogP contribution in [0.1, 0.15) is 17.4 Å². The number of halogens is 1. The van der Waals surface area contributed by atoms with Crippen LogP contribution in [0.25, 0.3) is 10.8 Å². The number of nitrogens with one attached hydrogen (secondary N) is 1. The highest BCUT2D eigenvalue weighted by Gasteiger charge is 2.23. The highest BCUT2D eigenvalue weighted by Crippen LogP contribution is 2.29. The number of aromatic nitrogens is 4. The Hall–Kier alpha value is -1.83. The van der Waals surface area contributed by atoms with Crippen LogP contribution in [0.15, 0.2) is 41.1 Å². The second-order valence-electron chi connectivity index (χ2n) is 4.41. The molecule has 0 saturated carbocycles. The summed E-state index contributed by atoms with van der Waals surface area (Å²) < 4.78 is 2.33. The number of hydrogen-bond acceptors (Lipinski definition) is 5. The Labute approximate surface area is 124 Å². The molecule has 0 bridgehead atoms. The monoisotopic (exact) mass is 332 g/mol. The second-order valence-corrected chi connectivity index (χ2v) is 5.16. The maximum absolute atomic E-state index is 5.75. The quantitative estimate of drug-likeness (QED) is 0.563. The van der Waals surface area contributed by atoms with Gasteiger partial charge in [-0.2, -0.15) is 0 Å². The highest BCUT2D eigenvalue weighted by molar-refractivity contribution is 9.10.